The van der Waals surface area contributed by atoms with E-state index in [1.54, 1.807) is 6.20 Å². The Balaban J connectivity index is 1.22. The molecule has 0 aliphatic carbocycles. The van der Waals surface area contributed by atoms with Crippen molar-refractivity contribution in [1.82, 2.24) is 15.0 Å². The van der Waals surface area contributed by atoms with Crippen molar-refractivity contribution in [3.63, 3.8) is 0 Å². The number of benzene rings is 1. The lowest BCUT2D eigenvalue weighted by Gasteiger charge is -2.22. The first-order valence-electron chi connectivity index (χ1n) is 14.5. The summed E-state index contributed by atoms with van der Waals surface area (Å²) in [6.07, 6.45) is 4.56. The van der Waals surface area contributed by atoms with Gasteiger partial charge >= 0.3 is 5.97 Å². The number of ether oxygens (including phenoxy) is 4. The zero-order chi connectivity index (χ0) is 28.5. The second-order valence-corrected chi connectivity index (χ2v) is 9.58. The number of carbonyl (C=O) groups excluding carboxylic acids is 1. The van der Waals surface area contributed by atoms with Gasteiger partial charge in [0, 0.05) is 38.5 Å². The lowest BCUT2D eigenvalue weighted by molar-refractivity contribution is -0.145. The molecule has 1 aliphatic rings. The summed E-state index contributed by atoms with van der Waals surface area (Å²) in [5.74, 6) is 1.91. The van der Waals surface area contributed by atoms with Crippen molar-refractivity contribution in [3.05, 3.63) is 65.9 Å². The van der Waals surface area contributed by atoms with Gasteiger partial charge in [-0.3, -0.25) is 9.78 Å². The molecule has 0 spiro atoms. The minimum absolute atomic E-state index is 0.217. The molecule has 2 aromatic heterocycles. The summed E-state index contributed by atoms with van der Waals surface area (Å²) in [6.45, 7) is 7.67. The molecule has 0 atom stereocenters. The minimum Gasteiger partial charge on any atom is -0.466 e. The van der Waals surface area contributed by atoms with E-state index < -0.39 is 0 Å². The fourth-order valence-electron chi connectivity index (χ4n) is 4.48. The van der Waals surface area contributed by atoms with Crippen molar-refractivity contribution in [2.45, 2.75) is 32.6 Å². The summed E-state index contributed by atoms with van der Waals surface area (Å²) < 4.78 is 21.4. The Labute approximate surface area is 242 Å². The van der Waals surface area contributed by atoms with Crippen molar-refractivity contribution in [2.75, 3.05) is 76.1 Å². The highest BCUT2D eigenvalue weighted by atomic mass is 16.5. The predicted molar refractivity (Wildman–Crippen MR) is 158 cm³/mol. The highest BCUT2D eigenvalue weighted by molar-refractivity contribution is 5.69. The Kier molecular flexibility index (Phi) is 12.8. The number of anilines is 2. The smallest absolute Gasteiger partial charge is 0.308 e. The third-order valence-electron chi connectivity index (χ3n) is 6.64. The second-order valence-electron chi connectivity index (χ2n) is 9.58. The van der Waals surface area contributed by atoms with E-state index in [2.05, 4.69) is 39.5 Å². The number of carbonyl (C=O) groups is 1. The number of esters is 1. The molecule has 1 N–H and O–H groups in total. The van der Waals surface area contributed by atoms with Crippen molar-refractivity contribution < 1.29 is 23.7 Å². The normalized spacial score (nSPS) is 13.0. The number of nitrogens with one attached hydrogen (secondary N) is 1. The summed E-state index contributed by atoms with van der Waals surface area (Å²) >= 11 is 0. The van der Waals surface area contributed by atoms with Crippen molar-refractivity contribution in [2.24, 2.45) is 0 Å². The zero-order valence-corrected chi connectivity index (χ0v) is 23.9. The van der Waals surface area contributed by atoms with Crippen molar-refractivity contribution >= 4 is 17.6 Å². The Bertz CT molecular complexity index is 1170. The summed E-state index contributed by atoms with van der Waals surface area (Å²) in [5.41, 5.74) is 3.52. The van der Waals surface area contributed by atoms with Gasteiger partial charge < -0.3 is 29.2 Å². The van der Waals surface area contributed by atoms with Gasteiger partial charge in [-0.25, -0.2) is 9.97 Å². The minimum atomic E-state index is -0.272. The average molecular weight is 564 g/mol. The van der Waals surface area contributed by atoms with Gasteiger partial charge in [-0.2, -0.15) is 0 Å². The van der Waals surface area contributed by atoms with Gasteiger partial charge in [0.25, 0.3) is 0 Å². The molecule has 220 valence electrons. The van der Waals surface area contributed by atoms with E-state index in [1.165, 1.54) is 11.1 Å². The summed E-state index contributed by atoms with van der Waals surface area (Å²) in [5, 5.41) is 3.38. The predicted octanol–water partition coefficient (Wildman–Crippen LogP) is 3.95. The van der Waals surface area contributed by atoms with Crippen LogP contribution in [-0.4, -0.2) is 86.8 Å². The molecule has 41 heavy (non-hydrogen) atoms. The van der Waals surface area contributed by atoms with Gasteiger partial charge in [0.1, 0.15) is 17.3 Å². The van der Waals surface area contributed by atoms with Crippen LogP contribution in [0, 0.1) is 0 Å². The van der Waals surface area contributed by atoms with E-state index in [-0.39, 0.29) is 12.4 Å². The number of aromatic nitrogens is 3. The Morgan fingerprint density at radius 3 is 2.29 bits per heavy atom. The topological polar surface area (TPSA) is 108 Å². The largest absolute Gasteiger partial charge is 0.466 e. The molecule has 0 fully saturated rings. The van der Waals surface area contributed by atoms with Gasteiger partial charge in [0.15, 0.2) is 5.82 Å². The van der Waals surface area contributed by atoms with E-state index in [9.17, 15) is 4.79 Å². The number of nitrogens with zero attached hydrogens (tertiary/aromatic N) is 4. The number of fused-ring (bicyclic) bond motifs is 1. The van der Waals surface area contributed by atoms with E-state index >= 15 is 0 Å². The van der Waals surface area contributed by atoms with E-state index in [4.69, 9.17) is 28.9 Å². The van der Waals surface area contributed by atoms with Gasteiger partial charge in [-0.1, -0.05) is 30.3 Å². The van der Waals surface area contributed by atoms with Crippen LogP contribution < -0.4 is 10.2 Å². The monoisotopic (exact) mass is 563 g/mol. The zero-order valence-electron chi connectivity index (χ0n) is 23.9. The molecule has 0 amide bonds. The molecule has 3 heterocycles. The molecule has 10 nitrogen and oxygen atoms in total. The summed E-state index contributed by atoms with van der Waals surface area (Å²) in [4.78, 5) is 28.4. The molecule has 3 aromatic rings. The molecule has 1 aliphatic heterocycles. The fourth-order valence-corrected chi connectivity index (χ4v) is 4.48. The van der Waals surface area contributed by atoms with Crippen LogP contribution in [0.1, 0.15) is 30.9 Å². The van der Waals surface area contributed by atoms with E-state index in [1.807, 2.05) is 31.2 Å². The molecule has 0 bridgehead atoms. The summed E-state index contributed by atoms with van der Waals surface area (Å²) in [6, 6.07) is 16.4. The Morgan fingerprint density at radius 2 is 1.59 bits per heavy atom. The number of rotatable bonds is 17. The first kappa shape index (κ1) is 30.4. The van der Waals surface area contributed by atoms with E-state index in [0.717, 1.165) is 43.3 Å². The average Bonchev–Trinajstić information content (AvgIpc) is 3.23. The van der Waals surface area contributed by atoms with Crippen LogP contribution in [0.2, 0.25) is 0 Å². The van der Waals surface area contributed by atoms with Crippen molar-refractivity contribution in [1.29, 1.82) is 0 Å². The van der Waals surface area contributed by atoms with Gasteiger partial charge in [0.2, 0.25) is 0 Å². The quantitative estimate of drug-likeness (QED) is 0.192. The molecule has 0 unspecified atom stereocenters. The molecule has 10 heteroatoms. The van der Waals surface area contributed by atoms with Gasteiger partial charge in [-0.05, 0) is 49.4 Å². The molecule has 0 saturated heterocycles. The van der Waals surface area contributed by atoms with Crippen LogP contribution in [0.15, 0.2) is 54.7 Å². The maximum absolute atomic E-state index is 12.0. The lowest BCUT2D eigenvalue weighted by Crippen LogP contribution is -2.27. The molecular formula is C31H41N5O5. The number of pyridine rings is 1. The maximum atomic E-state index is 12.0. The van der Waals surface area contributed by atoms with E-state index in [0.29, 0.717) is 65.0 Å². The van der Waals surface area contributed by atoms with Gasteiger partial charge in [0.05, 0.1) is 46.1 Å². The molecule has 0 radical (unpaired) electrons. The highest BCUT2D eigenvalue weighted by Gasteiger charge is 2.17. The van der Waals surface area contributed by atoms with Crippen LogP contribution in [0.5, 0.6) is 0 Å². The molecular weight excluding hydrogens is 522 g/mol. The standard InChI is InChI=1S/C31H41N5O5/c1-2-38-20-21-40-23-22-39-19-13-30(37)41-18-7-15-33-28-24-29(35-31(34-28)27-10-5-6-14-32-27)36-16-11-25-8-3-4-9-26(25)12-17-36/h3-6,8-10,14,24H,2,7,11-13,15-23H2,1H3,(H,33,34,35). The second kappa shape index (κ2) is 17.3. The molecule has 4 rings (SSSR count). The van der Waals surface area contributed by atoms with Crippen LogP contribution in [0.25, 0.3) is 11.5 Å². The van der Waals surface area contributed by atoms with Crippen LogP contribution >= 0.6 is 0 Å². The summed E-state index contributed by atoms with van der Waals surface area (Å²) in [7, 11) is 0. The third kappa shape index (κ3) is 10.4. The van der Waals surface area contributed by atoms with Crippen LogP contribution in [0.4, 0.5) is 11.6 Å². The fraction of sp³-hybridized carbons (Fsp3) is 0.484. The first-order chi connectivity index (χ1) is 20.2. The Hall–Kier alpha value is -3.60. The molecule has 1 aromatic carbocycles. The maximum Gasteiger partial charge on any atom is 0.308 e. The van der Waals surface area contributed by atoms with Gasteiger partial charge in [-0.15, -0.1) is 0 Å². The number of hydrogen-bond donors (Lipinski definition) is 1. The number of hydrogen-bond acceptors (Lipinski definition) is 10. The third-order valence-corrected chi connectivity index (χ3v) is 6.64. The highest BCUT2D eigenvalue weighted by Crippen LogP contribution is 2.24. The van der Waals surface area contributed by atoms with Crippen molar-refractivity contribution in [3.8, 4) is 11.5 Å². The first-order valence-corrected chi connectivity index (χ1v) is 14.5. The lowest BCUT2D eigenvalue weighted by atomic mass is 10.0. The SMILES string of the molecule is CCOCCOCCOCCC(=O)OCCCNc1cc(N2CCc3ccccc3CC2)nc(-c2ccccn2)n1. The van der Waals surface area contributed by atoms with Crippen LogP contribution in [0.3, 0.4) is 0 Å². The Morgan fingerprint density at radius 1 is 0.878 bits per heavy atom. The van der Waals surface area contributed by atoms with Crippen LogP contribution in [-0.2, 0) is 36.6 Å². The molecule has 0 saturated carbocycles.